The predicted molar refractivity (Wildman–Crippen MR) is 88.1 cm³/mol. The smallest absolute Gasteiger partial charge is 0.0351 e. The Bertz CT molecular complexity index is 402. The molecule has 0 aromatic heterocycles. The molecular weight excluding hydrogens is 242 g/mol. The Morgan fingerprint density at radius 3 is 2.40 bits per heavy atom. The first-order valence-electron chi connectivity index (χ1n) is 8.53. The van der Waals surface area contributed by atoms with E-state index in [0.717, 1.165) is 12.5 Å². The van der Waals surface area contributed by atoms with Crippen molar-refractivity contribution in [1.82, 2.24) is 5.32 Å². The van der Waals surface area contributed by atoms with Crippen molar-refractivity contribution in [2.24, 2.45) is 5.92 Å². The summed E-state index contributed by atoms with van der Waals surface area (Å²) >= 11 is 0. The van der Waals surface area contributed by atoms with Crippen LogP contribution in [0.4, 0.5) is 0 Å². The molecule has 2 rings (SSSR count). The van der Waals surface area contributed by atoms with Gasteiger partial charge in [0.1, 0.15) is 0 Å². The Labute approximate surface area is 125 Å². The number of nitrogens with one attached hydrogen (secondary N) is 1. The van der Waals surface area contributed by atoms with Crippen molar-refractivity contribution in [1.29, 1.82) is 0 Å². The van der Waals surface area contributed by atoms with Gasteiger partial charge in [0.2, 0.25) is 0 Å². The molecule has 1 aromatic carbocycles. The molecule has 20 heavy (non-hydrogen) atoms. The molecule has 1 atom stereocenters. The zero-order valence-corrected chi connectivity index (χ0v) is 13.5. The molecule has 0 saturated heterocycles. The fraction of sp³-hybridized carbons (Fsp3) is 0.684. The maximum absolute atomic E-state index is 3.84. The molecule has 1 heteroatoms. The van der Waals surface area contributed by atoms with E-state index in [1.165, 1.54) is 61.6 Å². The van der Waals surface area contributed by atoms with Crippen LogP contribution in [0.25, 0.3) is 0 Å². The van der Waals surface area contributed by atoms with Crippen LogP contribution in [0.15, 0.2) is 18.2 Å². The van der Waals surface area contributed by atoms with Gasteiger partial charge < -0.3 is 5.32 Å². The van der Waals surface area contributed by atoms with Gasteiger partial charge in [-0.05, 0) is 56.7 Å². The Balaban J connectivity index is 2.20. The minimum Gasteiger partial charge on any atom is -0.310 e. The van der Waals surface area contributed by atoms with Crippen LogP contribution in [0.3, 0.4) is 0 Å². The molecule has 0 amide bonds. The standard InChI is InChI=1S/C19H31N/c1-4-13-20-19(17-9-7-5-6-8-10-17)18-12-11-15(2)14-16(18)3/h11-12,14,17,19-20H,4-10,13H2,1-3H3. The quantitative estimate of drug-likeness (QED) is 0.716. The molecule has 0 bridgehead atoms. The van der Waals surface area contributed by atoms with E-state index in [4.69, 9.17) is 0 Å². The lowest BCUT2D eigenvalue weighted by Gasteiger charge is -2.29. The van der Waals surface area contributed by atoms with Crippen molar-refractivity contribution in [3.05, 3.63) is 34.9 Å². The van der Waals surface area contributed by atoms with E-state index in [2.05, 4.69) is 44.3 Å². The molecule has 1 nitrogen and oxygen atoms in total. The van der Waals surface area contributed by atoms with Gasteiger partial charge in [-0.3, -0.25) is 0 Å². The van der Waals surface area contributed by atoms with E-state index in [9.17, 15) is 0 Å². The maximum Gasteiger partial charge on any atom is 0.0351 e. The fourth-order valence-electron chi connectivity index (χ4n) is 3.65. The summed E-state index contributed by atoms with van der Waals surface area (Å²) in [6, 6.07) is 7.54. The minimum atomic E-state index is 0.564. The third kappa shape index (κ3) is 4.09. The third-order valence-electron chi connectivity index (χ3n) is 4.75. The summed E-state index contributed by atoms with van der Waals surface area (Å²) in [5.41, 5.74) is 4.38. The second-order valence-corrected chi connectivity index (χ2v) is 6.54. The van der Waals surface area contributed by atoms with Crippen molar-refractivity contribution in [2.75, 3.05) is 6.54 Å². The van der Waals surface area contributed by atoms with E-state index in [0.29, 0.717) is 6.04 Å². The monoisotopic (exact) mass is 273 g/mol. The highest BCUT2D eigenvalue weighted by Crippen LogP contribution is 2.35. The molecule has 0 aliphatic heterocycles. The fourth-order valence-corrected chi connectivity index (χ4v) is 3.65. The molecular formula is C19H31N. The molecule has 112 valence electrons. The first-order chi connectivity index (χ1) is 9.72. The summed E-state index contributed by atoms with van der Waals surface area (Å²) in [5, 5.41) is 3.84. The number of aryl methyl sites for hydroxylation is 2. The van der Waals surface area contributed by atoms with Gasteiger partial charge >= 0.3 is 0 Å². The van der Waals surface area contributed by atoms with E-state index in [-0.39, 0.29) is 0 Å². The van der Waals surface area contributed by atoms with E-state index in [1.54, 1.807) is 0 Å². The molecule has 1 saturated carbocycles. The van der Waals surface area contributed by atoms with Crippen molar-refractivity contribution >= 4 is 0 Å². The highest BCUT2D eigenvalue weighted by atomic mass is 14.9. The molecule has 0 spiro atoms. The highest BCUT2D eigenvalue weighted by Gasteiger charge is 2.24. The lowest BCUT2D eigenvalue weighted by atomic mass is 9.85. The molecule has 1 unspecified atom stereocenters. The summed E-state index contributed by atoms with van der Waals surface area (Å²) < 4.78 is 0. The minimum absolute atomic E-state index is 0.564. The normalized spacial score (nSPS) is 18.8. The van der Waals surface area contributed by atoms with Crippen LogP contribution in [0.2, 0.25) is 0 Å². The second kappa shape index (κ2) is 7.83. The van der Waals surface area contributed by atoms with Crippen LogP contribution < -0.4 is 5.32 Å². The number of hydrogen-bond donors (Lipinski definition) is 1. The first-order valence-corrected chi connectivity index (χ1v) is 8.53. The maximum atomic E-state index is 3.84. The molecule has 1 N–H and O–H groups in total. The second-order valence-electron chi connectivity index (χ2n) is 6.54. The number of benzene rings is 1. The van der Waals surface area contributed by atoms with Gasteiger partial charge in [-0.25, -0.2) is 0 Å². The Hall–Kier alpha value is -0.820. The van der Waals surface area contributed by atoms with E-state index in [1.807, 2.05) is 0 Å². The molecule has 0 heterocycles. The predicted octanol–water partition coefficient (Wildman–Crippen LogP) is 5.31. The average Bonchev–Trinajstić information content (AvgIpc) is 2.70. The van der Waals surface area contributed by atoms with Crippen LogP contribution in [0.5, 0.6) is 0 Å². The summed E-state index contributed by atoms with van der Waals surface area (Å²) in [4.78, 5) is 0. The summed E-state index contributed by atoms with van der Waals surface area (Å²) in [6.07, 6.45) is 9.71. The average molecular weight is 273 g/mol. The van der Waals surface area contributed by atoms with Gasteiger partial charge in [0.25, 0.3) is 0 Å². The van der Waals surface area contributed by atoms with Crippen molar-refractivity contribution in [2.45, 2.75) is 71.8 Å². The Kier molecular flexibility index (Phi) is 6.09. The molecule has 1 aliphatic rings. The largest absolute Gasteiger partial charge is 0.310 e. The molecule has 1 fully saturated rings. The topological polar surface area (TPSA) is 12.0 Å². The molecule has 0 radical (unpaired) electrons. The zero-order chi connectivity index (χ0) is 14.4. The van der Waals surface area contributed by atoms with Gasteiger partial charge in [-0.15, -0.1) is 0 Å². The summed E-state index contributed by atoms with van der Waals surface area (Å²) in [5.74, 6) is 0.824. The highest BCUT2D eigenvalue weighted by molar-refractivity contribution is 5.33. The van der Waals surface area contributed by atoms with Crippen LogP contribution >= 0.6 is 0 Å². The lowest BCUT2D eigenvalue weighted by molar-refractivity contribution is 0.325. The van der Waals surface area contributed by atoms with Crippen molar-refractivity contribution in [3.63, 3.8) is 0 Å². The number of hydrogen-bond acceptors (Lipinski definition) is 1. The Morgan fingerprint density at radius 2 is 1.80 bits per heavy atom. The first kappa shape index (κ1) is 15.6. The summed E-state index contributed by atoms with van der Waals surface area (Å²) in [6.45, 7) is 7.87. The molecule has 1 aliphatic carbocycles. The van der Waals surface area contributed by atoms with Crippen molar-refractivity contribution in [3.8, 4) is 0 Å². The van der Waals surface area contributed by atoms with Gasteiger partial charge in [0, 0.05) is 6.04 Å². The van der Waals surface area contributed by atoms with Crippen LogP contribution in [-0.2, 0) is 0 Å². The van der Waals surface area contributed by atoms with E-state index >= 15 is 0 Å². The Morgan fingerprint density at radius 1 is 1.10 bits per heavy atom. The summed E-state index contributed by atoms with van der Waals surface area (Å²) in [7, 11) is 0. The van der Waals surface area contributed by atoms with Gasteiger partial charge in [-0.2, -0.15) is 0 Å². The van der Waals surface area contributed by atoms with Gasteiger partial charge in [0.05, 0.1) is 0 Å². The molecule has 1 aromatic rings. The van der Waals surface area contributed by atoms with Gasteiger partial charge in [0.15, 0.2) is 0 Å². The lowest BCUT2D eigenvalue weighted by Crippen LogP contribution is -2.29. The van der Waals surface area contributed by atoms with Crippen LogP contribution in [0, 0.1) is 19.8 Å². The van der Waals surface area contributed by atoms with Crippen LogP contribution in [0.1, 0.15) is 74.6 Å². The number of rotatable bonds is 5. The van der Waals surface area contributed by atoms with E-state index < -0.39 is 0 Å². The SMILES string of the molecule is CCCNC(c1ccc(C)cc1C)C1CCCCCC1. The zero-order valence-electron chi connectivity index (χ0n) is 13.5. The third-order valence-corrected chi connectivity index (χ3v) is 4.75. The van der Waals surface area contributed by atoms with Crippen LogP contribution in [-0.4, -0.2) is 6.54 Å². The van der Waals surface area contributed by atoms with Gasteiger partial charge in [-0.1, -0.05) is 56.4 Å². The van der Waals surface area contributed by atoms with Crippen molar-refractivity contribution < 1.29 is 0 Å².